The maximum absolute atomic E-state index is 12.6. The molecule has 0 aromatic heterocycles. The smallest absolute Gasteiger partial charge is 0.242 e. The van der Waals surface area contributed by atoms with E-state index in [4.69, 9.17) is 4.74 Å². The second kappa shape index (κ2) is 12.0. The van der Waals surface area contributed by atoms with Crippen LogP contribution in [0.2, 0.25) is 0 Å². The van der Waals surface area contributed by atoms with Crippen LogP contribution in [0.5, 0.6) is 0 Å². The lowest BCUT2D eigenvalue weighted by Crippen LogP contribution is -2.53. The SMILES string of the molecule is CC[C@H](C)C([C@@H](CC=O)OC)N(C)C(=O)CNC(=O)C(NC)C(C)C. The summed E-state index contributed by atoms with van der Waals surface area (Å²) in [5.41, 5.74) is 0. The molecule has 0 fully saturated rings. The molecule has 0 bridgehead atoms. The average Bonchev–Trinajstić information content (AvgIpc) is 2.58. The van der Waals surface area contributed by atoms with Crippen LogP contribution in [0.4, 0.5) is 0 Å². The zero-order chi connectivity index (χ0) is 19.6. The third-order valence-electron chi connectivity index (χ3n) is 4.75. The van der Waals surface area contributed by atoms with E-state index in [-0.39, 0.29) is 54.8 Å². The summed E-state index contributed by atoms with van der Waals surface area (Å²) >= 11 is 0. The number of nitrogens with one attached hydrogen (secondary N) is 2. The molecule has 2 amide bonds. The Labute approximate surface area is 151 Å². The van der Waals surface area contributed by atoms with Crippen molar-refractivity contribution in [2.24, 2.45) is 11.8 Å². The molecule has 0 radical (unpaired) electrons. The summed E-state index contributed by atoms with van der Waals surface area (Å²) in [5, 5.41) is 5.65. The van der Waals surface area contributed by atoms with E-state index in [2.05, 4.69) is 10.6 Å². The largest absolute Gasteiger partial charge is 0.379 e. The molecular formula is C18H35N3O4. The first-order valence-electron chi connectivity index (χ1n) is 8.92. The number of rotatable bonds is 12. The molecule has 0 saturated carbocycles. The maximum atomic E-state index is 12.6. The second-order valence-electron chi connectivity index (χ2n) is 6.79. The molecule has 0 saturated heterocycles. The Bertz CT molecular complexity index is 429. The fraction of sp³-hybridized carbons (Fsp3) is 0.833. The van der Waals surface area contributed by atoms with Gasteiger partial charge < -0.3 is 25.1 Å². The number of carbonyl (C=O) groups is 3. The van der Waals surface area contributed by atoms with Crippen LogP contribution in [0.25, 0.3) is 0 Å². The van der Waals surface area contributed by atoms with Crippen LogP contribution in [0.1, 0.15) is 40.5 Å². The standard InChI is InChI=1S/C18H35N3O4/c1-8-13(4)17(14(25-7)9-10-22)21(6)15(23)11-20-18(24)16(19-5)12(2)3/h10,12-14,16-17,19H,8-9,11H2,1-7H3,(H,20,24)/t13-,14+,16?,17?/m0/s1. The number of hydrogen-bond acceptors (Lipinski definition) is 5. The number of hydrogen-bond donors (Lipinski definition) is 2. The summed E-state index contributed by atoms with van der Waals surface area (Å²) in [4.78, 5) is 37.3. The van der Waals surface area contributed by atoms with Crippen LogP contribution >= 0.6 is 0 Å². The van der Waals surface area contributed by atoms with Crippen molar-refractivity contribution in [3.8, 4) is 0 Å². The minimum Gasteiger partial charge on any atom is -0.379 e. The lowest BCUT2D eigenvalue weighted by Gasteiger charge is -2.37. The molecule has 0 aliphatic rings. The Balaban J connectivity index is 5.00. The minimum atomic E-state index is -0.363. The van der Waals surface area contributed by atoms with Crippen molar-refractivity contribution in [2.45, 2.75) is 58.7 Å². The third-order valence-corrected chi connectivity index (χ3v) is 4.75. The van der Waals surface area contributed by atoms with E-state index >= 15 is 0 Å². The molecule has 2 unspecified atom stereocenters. The first-order chi connectivity index (χ1) is 11.7. The van der Waals surface area contributed by atoms with Crippen LogP contribution in [0.15, 0.2) is 0 Å². The minimum absolute atomic E-state index is 0.0787. The molecule has 4 atom stereocenters. The van der Waals surface area contributed by atoms with Crippen molar-refractivity contribution in [3.05, 3.63) is 0 Å². The van der Waals surface area contributed by atoms with Gasteiger partial charge in [0.25, 0.3) is 0 Å². The van der Waals surface area contributed by atoms with Gasteiger partial charge in [-0.15, -0.1) is 0 Å². The number of amides is 2. The number of aldehydes is 1. The Morgan fingerprint density at radius 3 is 2.24 bits per heavy atom. The summed E-state index contributed by atoms with van der Waals surface area (Å²) in [6.07, 6.45) is 1.52. The van der Waals surface area contributed by atoms with E-state index in [0.29, 0.717) is 0 Å². The van der Waals surface area contributed by atoms with Gasteiger partial charge in [-0.25, -0.2) is 0 Å². The van der Waals surface area contributed by atoms with Gasteiger partial charge in [0, 0.05) is 20.6 Å². The highest BCUT2D eigenvalue weighted by Gasteiger charge is 2.32. The van der Waals surface area contributed by atoms with E-state index in [9.17, 15) is 14.4 Å². The Kier molecular flexibility index (Phi) is 11.3. The van der Waals surface area contributed by atoms with Crippen molar-refractivity contribution in [1.82, 2.24) is 15.5 Å². The van der Waals surface area contributed by atoms with Crippen LogP contribution in [0.3, 0.4) is 0 Å². The average molecular weight is 357 g/mol. The van der Waals surface area contributed by atoms with Crippen LogP contribution in [-0.2, 0) is 19.1 Å². The topological polar surface area (TPSA) is 87.7 Å². The number of carbonyl (C=O) groups excluding carboxylic acids is 3. The van der Waals surface area contributed by atoms with Gasteiger partial charge in [-0.1, -0.05) is 34.1 Å². The van der Waals surface area contributed by atoms with Crippen molar-refractivity contribution in [3.63, 3.8) is 0 Å². The van der Waals surface area contributed by atoms with Gasteiger partial charge >= 0.3 is 0 Å². The number of ether oxygens (including phenoxy) is 1. The van der Waals surface area contributed by atoms with E-state index in [1.807, 2.05) is 27.7 Å². The predicted octanol–water partition coefficient (Wildman–Crippen LogP) is 0.824. The van der Waals surface area contributed by atoms with Crippen molar-refractivity contribution in [1.29, 1.82) is 0 Å². The van der Waals surface area contributed by atoms with Gasteiger partial charge in [0.1, 0.15) is 6.29 Å². The fourth-order valence-corrected chi connectivity index (χ4v) is 3.04. The monoisotopic (exact) mass is 357 g/mol. The van der Waals surface area contributed by atoms with Gasteiger partial charge in [0.2, 0.25) is 11.8 Å². The molecule has 7 nitrogen and oxygen atoms in total. The molecule has 0 aromatic rings. The summed E-state index contributed by atoms with van der Waals surface area (Å²) in [6.45, 7) is 7.86. The fourth-order valence-electron chi connectivity index (χ4n) is 3.04. The molecule has 0 heterocycles. The number of likely N-dealkylation sites (N-methyl/N-ethyl adjacent to an activating group) is 2. The van der Waals surface area contributed by atoms with Gasteiger partial charge in [-0.05, 0) is 18.9 Å². The highest BCUT2D eigenvalue weighted by Crippen LogP contribution is 2.20. The van der Waals surface area contributed by atoms with Gasteiger partial charge in [0.05, 0.1) is 24.7 Å². The first kappa shape index (κ1) is 23.5. The Hall–Kier alpha value is -1.47. The lowest BCUT2D eigenvalue weighted by atomic mass is 9.91. The molecule has 2 N–H and O–H groups in total. The van der Waals surface area contributed by atoms with Crippen molar-refractivity contribution < 1.29 is 19.1 Å². The number of nitrogens with zero attached hydrogens (tertiary/aromatic N) is 1. The van der Waals surface area contributed by atoms with Crippen LogP contribution in [-0.4, -0.2) is 68.9 Å². The van der Waals surface area contributed by atoms with Gasteiger partial charge in [-0.2, -0.15) is 0 Å². The van der Waals surface area contributed by atoms with Gasteiger partial charge in [0.15, 0.2) is 0 Å². The molecule has 0 aliphatic heterocycles. The van der Waals surface area contributed by atoms with Crippen molar-refractivity contribution in [2.75, 3.05) is 27.7 Å². The molecule has 25 heavy (non-hydrogen) atoms. The first-order valence-corrected chi connectivity index (χ1v) is 8.92. The molecule has 0 aliphatic carbocycles. The van der Waals surface area contributed by atoms with Crippen LogP contribution < -0.4 is 10.6 Å². The highest BCUT2D eigenvalue weighted by molar-refractivity contribution is 5.87. The number of methoxy groups -OCH3 is 1. The second-order valence-corrected chi connectivity index (χ2v) is 6.79. The molecule has 0 spiro atoms. The predicted molar refractivity (Wildman–Crippen MR) is 98.2 cm³/mol. The zero-order valence-electron chi connectivity index (χ0n) is 16.7. The van der Waals surface area contributed by atoms with Gasteiger partial charge in [-0.3, -0.25) is 9.59 Å². The normalized spacial score (nSPS) is 16.0. The Morgan fingerprint density at radius 1 is 1.24 bits per heavy atom. The molecule has 0 aromatic carbocycles. The summed E-state index contributed by atoms with van der Waals surface area (Å²) in [5.74, 6) is -0.118. The molecule has 146 valence electrons. The molecule has 7 heteroatoms. The zero-order valence-corrected chi connectivity index (χ0v) is 16.7. The summed E-state index contributed by atoms with van der Waals surface area (Å²) < 4.78 is 5.44. The van der Waals surface area contributed by atoms with Crippen molar-refractivity contribution >= 4 is 18.1 Å². The summed E-state index contributed by atoms with van der Waals surface area (Å²) in [6, 6.07) is -0.569. The Morgan fingerprint density at radius 2 is 1.84 bits per heavy atom. The summed E-state index contributed by atoms with van der Waals surface area (Å²) in [7, 11) is 4.96. The van der Waals surface area contributed by atoms with Crippen LogP contribution in [0, 0.1) is 11.8 Å². The lowest BCUT2D eigenvalue weighted by molar-refractivity contribution is -0.138. The third kappa shape index (κ3) is 7.12. The molecular weight excluding hydrogens is 322 g/mol. The quantitative estimate of drug-likeness (QED) is 0.505. The highest BCUT2D eigenvalue weighted by atomic mass is 16.5. The van der Waals surface area contributed by atoms with E-state index in [0.717, 1.165) is 12.7 Å². The maximum Gasteiger partial charge on any atom is 0.242 e. The van der Waals surface area contributed by atoms with E-state index in [1.54, 1.807) is 26.1 Å². The van der Waals surface area contributed by atoms with E-state index in [1.165, 1.54) is 0 Å². The molecule has 0 rings (SSSR count). The van der Waals surface area contributed by atoms with E-state index < -0.39 is 0 Å².